The van der Waals surface area contributed by atoms with Crippen molar-refractivity contribution in [3.05, 3.63) is 48.0 Å². The first kappa shape index (κ1) is 19.5. The van der Waals surface area contributed by atoms with Crippen molar-refractivity contribution in [2.45, 2.75) is 18.9 Å². The maximum Gasteiger partial charge on any atom is 0.321 e. The Morgan fingerprint density at radius 1 is 1.06 bits per heavy atom. The number of ether oxygens (including phenoxy) is 2. The molecule has 8 heteroatoms. The van der Waals surface area contributed by atoms with Gasteiger partial charge in [-0.1, -0.05) is 6.07 Å². The fourth-order valence-corrected chi connectivity index (χ4v) is 4.36. The van der Waals surface area contributed by atoms with Gasteiger partial charge in [0.15, 0.2) is 11.5 Å². The first-order valence-corrected chi connectivity index (χ1v) is 10.8. The van der Waals surface area contributed by atoms with Crippen molar-refractivity contribution >= 4 is 23.3 Å². The summed E-state index contributed by atoms with van der Waals surface area (Å²) in [6, 6.07) is 13.2. The largest absolute Gasteiger partial charge is 0.486 e. The number of hydrogen-bond acceptors (Lipinski definition) is 5. The van der Waals surface area contributed by atoms with Crippen molar-refractivity contribution in [3.63, 3.8) is 0 Å². The molecule has 162 valence electrons. The van der Waals surface area contributed by atoms with Gasteiger partial charge >= 0.3 is 6.03 Å². The van der Waals surface area contributed by atoms with Gasteiger partial charge in [-0.15, -0.1) is 0 Å². The molecular formula is C23H26N4O4. The average molecular weight is 422 g/mol. The van der Waals surface area contributed by atoms with Crippen molar-refractivity contribution in [2.24, 2.45) is 0 Å². The van der Waals surface area contributed by atoms with Crippen LogP contribution in [-0.2, 0) is 0 Å². The number of amides is 3. The van der Waals surface area contributed by atoms with Crippen LogP contribution in [0.4, 0.5) is 16.2 Å². The van der Waals surface area contributed by atoms with Crippen LogP contribution in [0, 0.1) is 0 Å². The predicted molar refractivity (Wildman–Crippen MR) is 117 cm³/mol. The van der Waals surface area contributed by atoms with Crippen LogP contribution in [0.25, 0.3) is 0 Å². The Hall–Kier alpha value is -3.42. The fourth-order valence-electron chi connectivity index (χ4n) is 4.36. The van der Waals surface area contributed by atoms with Gasteiger partial charge in [0, 0.05) is 55.2 Å². The number of rotatable bonds is 4. The summed E-state index contributed by atoms with van der Waals surface area (Å²) in [6.07, 6.45) is 1.92. The molecule has 2 saturated heterocycles. The van der Waals surface area contributed by atoms with Crippen molar-refractivity contribution in [1.82, 2.24) is 10.2 Å². The molecule has 3 heterocycles. The highest BCUT2D eigenvalue weighted by Gasteiger charge is 2.26. The van der Waals surface area contributed by atoms with E-state index in [2.05, 4.69) is 10.6 Å². The number of hydrogen-bond donors (Lipinski definition) is 2. The highest BCUT2D eigenvalue weighted by Crippen LogP contribution is 2.33. The van der Waals surface area contributed by atoms with E-state index >= 15 is 0 Å². The number of piperidine rings is 1. The maximum absolute atomic E-state index is 13.2. The quantitative estimate of drug-likeness (QED) is 0.792. The van der Waals surface area contributed by atoms with Gasteiger partial charge in [-0.2, -0.15) is 0 Å². The van der Waals surface area contributed by atoms with E-state index in [1.807, 2.05) is 47.4 Å². The molecular weight excluding hydrogens is 396 g/mol. The molecule has 0 spiro atoms. The van der Waals surface area contributed by atoms with Crippen LogP contribution in [0.3, 0.4) is 0 Å². The number of nitrogens with one attached hydrogen (secondary N) is 2. The van der Waals surface area contributed by atoms with Gasteiger partial charge in [0.05, 0.1) is 0 Å². The highest BCUT2D eigenvalue weighted by atomic mass is 16.6. The van der Waals surface area contributed by atoms with Crippen LogP contribution >= 0.6 is 0 Å². The Morgan fingerprint density at radius 3 is 2.77 bits per heavy atom. The lowest BCUT2D eigenvalue weighted by molar-refractivity contribution is 0.0715. The van der Waals surface area contributed by atoms with Crippen molar-refractivity contribution in [1.29, 1.82) is 0 Å². The minimum absolute atomic E-state index is 0.00451. The molecule has 0 aliphatic carbocycles. The molecule has 2 fully saturated rings. The molecule has 5 rings (SSSR count). The molecule has 31 heavy (non-hydrogen) atoms. The minimum Gasteiger partial charge on any atom is -0.486 e. The summed E-state index contributed by atoms with van der Waals surface area (Å²) in [5, 5.41) is 6.33. The maximum atomic E-state index is 13.2. The summed E-state index contributed by atoms with van der Waals surface area (Å²) in [5.41, 5.74) is 2.33. The predicted octanol–water partition coefficient (Wildman–Crippen LogP) is 2.70. The Balaban J connectivity index is 1.26. The van der Waals surface area contributed by atoms with Crippen molar-refractivity contribution in [3.8, 4) is 11.5 Å². The molecule has 0 aromatic heterocycles. The summed E-state index contributed by atoms with van der Waals surface area (Å²) >= 11 is 0. The SMILES string of the molecule is O=C(c1cccc(N2CCNC2=O)c1)N1CCCC(Nc2ccc3c(c2)OCCO3)C1. The third-order valence-corrected chi connectivity index (χ3v) is 5.88. The van der Waals surface area contributed by atoms with Gasteiger partial charge in [-0.3, -0.25) is 9.69 Å². The third-order valence-electron chi connectivity index (χ3n) is 5.88. The first-order valence-electron chi connectivity index (χ1n) is 10.8. The molecule has 0 bridgehead atoms. The van der Waals surface area contributed by atoms with Crippen molar-refractivity contribution < 1.29 is 19.1 Å². The minimum atomic E-state index is -0.119. The number of likely N-dealkylation sites (tertiary alicyclic amines) is 1. The Labute approximate surface area is 181 Å². The van der Waals surface area contributed by atoms with E-state index in [4.69, 9.17) is 9.47 Å². The van der Waals surface area contributed by atoms with E-state index in [1.165, 1.54) is 0 Å². The standard InChI is InChI=1S/C23H26N4O4/c28-22(16-3-1-5-19(13-16)27-10-8-24-23(27)29)26-9-2-4-18(15-26)25-17-6-7-20-21(14-17)31-12-11-30-20/h1,3,5-7,13-14,18,25H,2,4,8-12,15H2,(H,24,29). The number of carbonyl (C=O) groups is 2. The molecule has 3 aliphatic rings. The van der Waals surface area contributed by atoms with Gasteiger partial charge in [-0.25, -0.2) is 4.79 Å². The average Bonchev–Trinajstić information content (AvgIpc) is 3.24. The van der Waals surface area contributed by atoms with Gasteiger partial charge in [0.2, 0.25) is 0 Å². The molecule has 3 aliphatic heterocycles. The molecule has 2 aromatic carbocycles. The third kappa shape index (κ3) is 4.10. The van der Waals surface area contributed by atoms with Crippen molar-refractivity contribution in [2.75, 3.05) is 49.6 Å². The molecule has 2 N–H and O–H groups in total. The van der Waals surface area contributed by atoms with E-state index in [9.17, 15) is 9.59 Å². The zero-order chi connectivity index (χ0) is 21.2. The smallest absolute Gasteiger partial charge is 0.321 e. The van der Waals surface area contributed by atoms with Crippen LogP contribution < -0.4 is 25.0 Å². The second-order valence-corrected chi connectivity index (χ2v) is 8.03. The molecule has 0 saturated carbocycles. The molecule has 0 radical (unpaired) electrons. The first-order chi connectivity index (χ1) is 15.2. The number of benzene rings is 2. The topological polar surface area (TPSA) is 83.1 Å². The summed E-state index contributed by atoms with van der Waals surface area (Å²) < 4.78 is 11.3. The summed E-state index contributed by atoms with van der Waals surface area (Å²) in [7, 11) is 0. The molecule has 3 amide bonds. The number of carbonyl (C=O) groups excluding carboxylic acids is 2. The Kier molecular flexibility index (Phi) is 5.28. The van der Waals surface area contributed by atoms with Gasteiger partial charge < -0.3 is 25.0 Å². The summed E-state index contributed by atoms with van der Waals surface area (Å²) in [5.74, 6) is 1.52. The number of anilines is 2. The molecule has 1 unspecified atom stereocenters. The number of nitrogens with zero attached hydrogens (tertiary/aromatic N) is 2. The number of urea groups is 1. The molecule has 8 nitrogen and oxygen atoms in total. The van der Waals surface area contributed by atoms with Crippen LogP contribution in [-0.4, -0.2) is 62.3 Å². The Morgan fingerprint density at radius 2 is 1.94 bits per heavy atom. The molecule has 2 aromatic rings. The van der Waals surface area contributed by atoms with E-state index in [-0.39, 0.29) is 18.0 Å². The normalized spacial score (nSPS) is 20.4. The lowest BCUT2D eigenvalue weighted by Gasteiger charge is -2.34. The van der Waals surface area contributed by atoms with E-state index in [0.29, 0.717) is 38.4 Å². The van der Waals surface area contributed by atoms with E-state index in [1.54, 1.807) is 4.90 Å². The highest BCUT2D eigenvalue weighted by molar-refractivity contribution is 5.98. The molecule has 1 atom stereocenters. The monoisotopic (exact) mass is 422 g/mol. The van der Waals surface area contributed by atoms with Gasteiger partial charge in [0.25, 0.3) is 5.91 Å². The lowest BCUT2D eigenvalue weighted by Crippen LogP contribution is -2.45. The van der Waals surface area contributed by atoms with Crippen LogP contribution in [0.5, 0.6) is 11.5 Å². The fraction of sp³-hybridized carbons (Fsp3) is 0.391. The van der Waals surface area contributed by atoms with Gasteiger partial charge in [0.1, 0.15) is 13.2 Å². The number of fused-ring (bicyclic) bond motifs is 1. The van der Waals surface area contributed by atoms with Gasteiger partial charge in [-0.05, 0) is 43.2 Å². The van der Waals surface area contributed by atoms with Crippen LogP contribution in [0.2, 0.25) is 0 Å². The summed E-state index contributed by atoms with van der Waals surface area (Å²) in [6.45, 7) is 3.72. The summed E-state index contributed by atoms with van der Waals surface area (Å²) in [4.78, 5) is 28.7. The zero-order valence-electron chi connectivity index (χ0n) is 17.3. The second-order valence-electron chi connectivity index (χ2n) is 8.03. The Bertz CT molecular complexity index is 995. The van der Waals surface area contributed by atoms with Crippen LogP contribution in [0.15, 0.2) is 42.5 Å². The van der Waals surface area contributed by atoms with E-state index < -0.39 is 0 Å². The van der Waals surface area contributed by atoms with E-state index in [0.717, 1.165) is 42.3 Å². The zero-order valence-corrected chi connectivity index (χ0v) is 17.3. The lowest BCUT2D eigenvalue weighted by atomic mass is 10.0. The van der Waals surface area contributed by atoms with Crippen LogP contribution in [0.1, 0.15) is 23.2 Å². The second kappa shape index (κ2) is 8.37.